The second-order valence-corrected chi connectivity index (χ2v) is 15.2. The predicted octanol–water partition coefficient (Wildman–Crippen LogP) is 15.1. The van der Waals surface area contributed by atoms with Crippen LogP contribution in [0.2, 0.25) is 0 Å². The van der Waals surface area contributed by atoms with Crippen LogP contribution in [0.3, 0.4) is 0 Å². The summed E-state index contributed by atoms with van der Waals surface area (Å²) in [6.45, 7) is 0. The number of para-hydroxylation sites is 2. The lowest BCUT2D eigenvalue weighted by molar-refractivity contribution is 0.669. The maximum absolute atomic E-state index is 6.34. The van der Waals surface area contributed by atoms with E-state index >= 15 is 0 Å². The highest BCUT2D eigenvalue weighted by Gasteiger charge is 2.21. The lowest BCUT2D eigenvalue weighted by atomic mass is 9.94. The van der Waals surface area contributed by atoms with Crippen molar-refractivity contribution in [3.8, 4) is 16.8 Å². The van der Waals surface area contributed by atoms with Crippen molar-refractivity contribution in [2.45, 2.75) is 12.8 Å². The number of rotatable bonds is 5. The maximum atomic E-state index is 6.34. The first-order valence-corrected chi connectivity index (χ1v) is 19.8. The minimum absolute atomic E-state index is 0.898. The zero-order valence-corrected chi connectivity index (χ0v) is 31.2. The molecule has 12 rings (SSSR count). The molecule has 0 bridgehead atoms. The molecule has 0 spiro atoms. The zero-order valence-electron chi connectivity index (χ0n) is 31.2. The number of fused-ring (bicyclic) bond motifs is 12. The molecule has 0 amide bonds. The van der Waals surface area contributed by atoms with Gasteiger partial charge in [0.2, 0.25) is 0 Å². The quantitative estimate of drug-likeness (QED) is 0.165. The number of hydrogen-bond acceptors (Lipinski definition) is 2. The van der Waals surface area contributed by atoms with E-state index in [9.17, 15) is 0 Å². The topological polar surface area (TPSA) is 21.3 Å². The highest BCUT2D eigenvalue weighted by atomic mass is 16.3. The third kappa shape index (κ3) is 4.99. The van der Waals surface area contributed by atoms with Gasteiger partial charge in [0.1, 0.15) is 11.2 Å². The molecule has 1 aliphatic carbocycles. The molecule has 3 nitrogen and oxygen atoms in total. The number of benzene rings is 9. The molecule has 0 N–H and O–H groups in total. The molecule has 0 aliphatic heterocycles. The Bertz CT molecular complexity index is 3400. The summed E-state index contributed by atoms with van der Waals surface area (Å²) in [7, 11) is 0. The van der Waals surface area contributed by atoms with E-state index in [0.717, 1.165) is 68.7 Å². The van der Waals surface area contributed by atoms with Gasteiger partial charge in [-0.25, -0.2) is 0 Å². The first kappa shape index (κ1) is 31.9. The van der Waals surface area contributed by atoms with Gasteiger partial charge in [0.05, 0.1) is 5.52 Å². The van der Waals surface area contributed by atoms with Crippen LogP contribution in [0.5, 0.6) is 0 Å². The number of anilines is 3. The maximum Gasteiger partial charge on any atom is 0.136 e. The van der Waals surface area contributed by atoms with E-state index in [1.54, 1.807) is 0 Å². The first-order chi connectivity index (χ1) is 28.3. The monoisotopic (exact) mass is 728 g/mol. The van der Waals surface area contributed by atoms with Crippen LogP contribution in [0.1, 0.15) is 17.7 Å². The Morgan fingerprint density at radius 2 is 1.02 bits per heavy atom. The standard InChI is InChI=1S/C54H36N2O/c1-2-19-43-41(17-1)42-18-3-4-20-44(42)50-34-40(28-30-45(43)50)55(37-14-11-13-35(31-37)36-27-29-49-48-23-7-10-26-53(48)57-54(49)32-36)38-15-12-16-39(33-38)56-51-24-8-5-21-46(51)47-22-6-9-25-52(47)56/h1-8,10-24,26-34H,9,25H2. The average Bonchev–Trinajstić information content (AvgIpc) is 3.82. The van der Waals surface area contributed by atoms with E-state index in [1.165, 1.54) is 54.5 Å². The molecule has 0 atom stereocenters. The van der Waals surface area contributed by atoms with Gasteiger partial charge in [-0.3, -0.25) is 0 Å². The van der Waals surface area contributed by atoms with Crippen LogP contribution in [-0.4, -0.2) is 4.57 Å². The number of nitrogens with zero attached hydrogens (tertiary/aromatic N) is 2. The molecule has 0 radical (unpaired) electrons. The van der Waals surface area contributed by atoms with Gasteiger partial charge in [0.25, 0.3) is 0 Å². The van der Waals surface area contributed by atoms with Crippen molar-refractivity contribution in [1.29, 1.82) is 0 Å². The second-order valence-electron chi connectivity index (χ2n) is 15.2. The van der Waals surface area contributed by atoms with Gasteiger partial charge in [-0.15, -0.1) is 0 Å². The van der Waals surface area contributed by atoms with Crippen LogP contribution in [-0.2, 0) is 6.42 Å². The second kappa shape index (κ2) is 12.6. The molecule has 0 saturated heterocycles. The summed E-state index contributed by atoms with van der Waals surface area (Å²) in [6, 6.07) is 66.3. The summed E-state index contributed by atoms with van der Waals surface area (Å²) in [4.78, 5) is 2.42. The number of furan rings is 1. The third-order valence-corrected chi connectivity index (χ3v) is 12.0. The van der Waals surface area contributed by atoms with Crippen LogP contribution >= 0.6 is 0 Å². The lowest BCUT2D eigenvalue weighted by Crippen LogP contribution is -2.11. The Morgan fingerprint density at radius 3 is 1.82 bits per heavy atom. The fraction of sp³-hybridized carbons (Fsp3) is 0.0370. The molecule has 0 unspecified atom stereocenters. The summed E-state index contributed by atoms with van der Waals surface area (Å²) in [6.07, 6.45) is 6.67. The minimum atomic E-state index is 0.898. The van der Waals surface area contributed by atoms with E-state index < -0.39 is 0 Å². The molecule has 11 aromatic rings. The van der Waals surface area contributed by atoms with Crippen molar-refractivity contribution in [2.24, 2.45) is 0 Å². The van der Waals surface area contributed by atoms with Gasteiger partial charge in [-0.1, -0.05) is 127 Å². The van der Waals surface area contributed by atoms with Crippen LogP contribution in [0.15, 0.2) is 192 Å². The van der Waals surface area contributed by atoms with Gasteiger partial charge in [-0.2, -0.15) is 0 Å². The van der Waals surface area contributed by atoms with Crippen molar-refractivity contribution in [1.82, 2.24) is 4.57 Å². The highest BCUT2D eigenvalue weighted by Crippen LogP contribution is 2.43. The van der Waals surface area contributed by atoms with Gasteiger partial charge >= 0.3 is 0 Å². The smallest absolute Gasteiger partial charge is 0.136 e. The molecule has 2 heterocycles. The van der Waals surface area contributed by atoms with Crippen LogP contribution < -0.4 is 4.90 Å². The predicted molar refractivity (Wildman–Crippen MR) is 241 cm³/mol. The molecule has 268 valence electrons. The molecule has 9 aromatic carbocycles. The molecular weight excluding hydrogens is 693 g/mol. The van der Waals surface area contributed by atoms with Crippen LogP contribution in [0, 0.1) is 0 Å². The number of allylic oxidation sites excluding steroid dienone is 1. The molecule has 0 fully saturated rings. The van der Waals surface area contributed by atoms with Crippen molar-refractivity contribution >= 4 is 88.3 Å². The molecular formula is C54H36N2O. The molecule has 57 heavy (non-hydrogen) atoms. The van der Waals surface area contributed by atoms with Crippen molar-refractivity contribution in [2.75, 3.05) is 4.90 Å². The van der Waals surface area contributed by atoms with Gasteiger partial charge in [0, 0.05) is 50.2 Å². The fourth-order valence-electron chi connectivity index (χ4n) is 9.45. The number of hydrogen-bond donors (Lipinski definition) is 0. The molecule has 3 heteroatoms. The average molecular weight is 729 g/mol. The normalized spacial score (nSPS) is 12.7. The first-order valence-electron chi connectivity index (χ1n) is 19.8. The summed E-state index contributed by atoms with van der Waals surface area (Å²) < 4.78 is 8.82. The van der Waals surface area contributed by atoms with Crippen molar-refractivity contribution in [3.05, 3.63) is 199 Å². The van der Waals surface area contributed by atoms with E-state index in [1.807, 2.05) is 12.1 Å². The van der Waals surface area contributed by atoms with Gasteiger partial charge in [0.15, 0.2) is 0 Å². The van der Waals surface area contributed by atoms with Crippen LogP contribution in [0.25, 0.3) is 88.0 Å². The Kier molecular flexibility index (Phi) is 7.05. The Balaban J connectivity index is 1.08. The Morgan fingerprint density at radius 1 is 0.421 bits per heavy atom. The molecule has 2 aromatic heterocycles. The summed E-state index contributed by atoms with van der Waals surface area (Å²) in [5, 5.41) is 11.2. The zero-order chi connectivity index (χ0) is 37.5. The third-order valence-electron chi connectivity index (χ3n) is 12.0. The highest BCUT2D eigenvalue weighted by molar-refractivity contribution is 6.25. The Hall–Kier alpha value is -7.36. The van der Waals surface area contributed by atoms with E-state index in [-0.39, 0.29) is 0 Å². The van der Waals surface area contributed by atoms with E-state index in [4.69, 9.17) is 4.42 Å². The molecule has 1 aliphatic rings. The van der Waals surface area contributed by atoms with Crippen molar-refractivity contribution in [3.63, 3.8) is 0 Å². The summed E-state index contributed by atoms with van der Waals surface area (Å²) >= 11 is 0. The fourth-order valence-corrected chi connectivity index (χ4v) is 9.45. The van der Waals surface area contributed by atoms with Crippen molar-refractivity contribution < 1.29 is 4.42 Å². The van der Waals surface area contributed by atoms with E-state index in [2.05, 4.69) is 191 Å². The SMILES string of the molecule is C1=Cc2c(n(-c3cccc(N(c4cccc(-c5ccc6c(c5)oc5ccccc56)c4)c4ccc5c6ccccc6c6ccccc6c5c4)c3)c3ccccc23)CC1. The largest absolute Gasteiger partial charge is 0.456 e. The van der Waals surface area contributed by atoms with E-state index in [0.29, 0.717) is 0 Å². The van der Waals surface area contributed by atoms with Gasteiger partial charge in [-0.05, 0) is 123 Å². The number of aromatic nitrogens is 1. The molecule has 0 saturated carbocycles. The summed E-state index contributed by atoms with van der Waals surface area (Å²) in [5.74, 6) is 0. The lowest BCUT2D eigenvalue weighted by Gasteiger charge is -2.27. The summed E-state index contributed by atoms with van der Waals surface area (Å²) in [5.41, 5.74) is 12.4. The minimum Gasteiger partial charge on any atom is -0.456 e. The van der Waals surface area contributed by atoms with Gasteiger partial charge < -0.3 is 13.9 Å². The van der Waals surface area contributed by atoms with Crippen LogP contribution in [0.4, 0.5) is 17.1 Å². The Labute approximate surface area is 329 Å².